The summed E-state index contributed by atoms with van der Waals surface area (Å²) < 4.78 is 13.0. The fourth-order valence-electron chi connectivity index (χ4n) is 1.87. The van der Waals surface area contributed by atoms with E-state index in [2.05, 4.69) is 5.32 Å². The summed E-state index contributed by atoms with van der Waals surface area (Å²) in [7, 11) is 0. The number of rotatable bonds is 6. The molecule has 0 aliphatic carbocycles. The van der Waals surface area contributed by atoms with E-state index in [1.165, 1.54) is 12.1 Å². The average Bonchev–Trinajstić information content (AvgIpc) is 2.28. The third-order valence-corrected chi connectivity index (χ3v) is 2.83. The molecule has 0 aliphatic heterocycles. The van der Waals surface area contributed by atoms with Crippen molar-refractivity contribution < 1.29 is 9.18 Å². The predicted octanol–water partition coefficient (Wildman–Crippen LogP) is 2.52. The van der Waals surface area contributed by atoms with Gasteiger partial charge >= 0.3 is 0 Å². The standard InChI is InChI=1S/C14H21FN2O/c1-3-5-13(16)9-14(18)17-10(2)11-6-4-7-12(15)8-11/h4,6-8,10,13H,3,5,9,16H2,1-2H3,(H,17,18). The van der Waals surface area contributed by atoms with Gasteiger partial charge in [0.1, 0.15) is 5.82 Å². The molecule has 0 heterocycles. The average molecular weight is 252 g/mol. The van der Waals surface area contributed by atoms with Crippen molar-refractivity contribution in [1.29, 1.82) is 0 Å². The van der Waals surface area contributed by atoms with Crippen LogP contribution >= 0.6 is 0 Å². The third kappa shape index (κ3) is 4.84. The second kappa shape index (κ2) is 7.11. The van der Waals surface area contributed by atoms with Crippen LogP contribution in [0, 0.1) is 5.82 Å². The zero-order valence-electron chi connectivity index (χ0n) is 10.9. The summed E-state index contributed by atoms with van der Waals surface area (Å²) in [6, 6.07) is 5.93. The molecule has 1 aromatic carbocycles. The minimum Gasteiger partial charge on any atom is -0.350 e. The molecule has 0 aliphatic rings. The first-order valence-electron chi connectivity index (χ1n) is 6.33. The Labute approximate surface area is 108 Å². The van der Waals surface area contributed by atoms with Crippen LogP contribution in [0.4, 0.5) is 4.39 Å². The summed E-state index contributed by atoms with van der Waals surface area (Å²) in [5.74, 6) is -0.385. The van der Waals surface area contributed by atoms with Crippen LogP contribution in [0.25, 0.3) is 0 Å². The number of carbonyl (C=O) groups excluding carboxylic acids is 1. The zero-order chi connectivity index (χ0) is 13.5. The summed E-state index contributed by atoms with van der Waals surface area (Å²) in [6.45, 7) is 3.87. The van der Waals surface area contributed by atoms with E-state index in [1.54, 1.807) is 12.1 Å². The first kappa shape index (κ1) is 14.6. The Morgan fingerprint density at radius 2 is 2.22 bits per heavy atom. The summed E-state index contributed by atoms with van der Waals surface area (Å²) in [5, 5.41) is 2.83. The molecule has 1 rings (SSSR count). The van der Waals surface area contributed by atoms with Gasteiger partial charge in [0.05, 0.1) is 6.04 Å². The van der Waals surface area contributed by atoms with E-state index < -0.39 is 0 Å². The number of hydrogen-bond acceptors (Lipinski definition) is 2. The Balaban J connectivity index is 2.49. The van der Waals surface area contributed by atoms with E-state index >= 15 is 0 Å². The monoisotopic (exact) mass is 252 g/mol. The van der Waals surface area contributed by atoms with Crippen molar-refractivity contribution in [3.05, 3.63) is 35.6 Å². The van der Waals surface area contributed by atoms with Crippen molar-refractivity contribution in [3.63, 3.8) is 0 Å². The van der Waals surface area contributed by atoms with E-state index in [0.717, 1.165) is 18.4 Å². The molecule has 0 spiro atoms. The number of hydrogen-bond donors (Lipinski definition) is 2. The van der Waals surface area contributed by atoms with Gasteiger partial charge in [0, 0.05) is 12.5 Å². The van der Waals surface area contributed by atoms with E-state index in [0.29, 0.717) is 6.42 Å². The second-order valence-electron chi connectivity index (χ2n) is 4.60. The minimum atomic E-state index is -0.295. The van der Waals surface area contributed by atoms with Crippen molar-refractivity contribution in [2.45, 2.75) is 45.2 Å². The van der Waals surface area contributed by atoms with Gasteiger partial charge in [-0.25, -0.2) is 4.39 Å². The Morgan fingerprint density at radius 1 is 1.50 bits per heavy atom. The summed E-state index contributed by atoms with van der Waals surface area (Å²) >= 11 is 0. The Bertz CT molecular complexity index is 395. The lowest BCUT2D eigenvalue weighted by atomic mass is 10.1. The lowest BCUT2D eigenvalue weighted by molar-refractivity contribution is -0.122. The van der Waals surface area contributed by atoms with Crippen LogP contribution < -0.4 is 11.1 Å². The van der Waals surface area contributed by atoms with Crippen LogP contribution in [0.2, 0.25) is 0 Å². The molecule has 3 N–H and O–H groups in total. The van der Waals surface area contributed by atoms with Crippen LogP contribution in [-0.2, 0) is 4.79 Å². The maximum absolute atomic E-state index is 13.0. The molecule has 0 saturated heterocycles. The first-order valence-corrected chi connectivity index (χ1v) is 6.33. The molecule has 4 heteroatoms. The second-order valence-corrected chi connectivity index (χ2v) is 4.60. The number of nitrogens with two attached hydrogens (primary N) is 1. The molecular weight excluding hydrogens is 231 g/mol. The van der Waals surface area contributed by atoms with Crippen molar-refractivity contribution in [2.24, 2.45) is 5.73 Å². The molecule has 1 amide bonds. The predicted molar refractivity (Wildman–Crippen MR) is 70.5 cm³/mol. The normalized spacial score (nSPS) is 14.0. The molecule has 1 aromatic rings. The van der Waals surface area contributed by atoms with E-state index in [9.17, 15) is 9.18 Å². The first-order chi connectivity index (χ1) is 8.52. The highest BCUT2D eigenvalue weighted by Gasteiger charge is 2.13. The van der Waals surface area contributed by atoms with Crippen molar-refractivity contribution in [2.75, 3.05) is 0 Å². The van der Waals surface area contributed by atoms with E-state index in [4.69, 9.17) is 5.73 Å². The largest absolute Gasteiger partial charge is 0.350 e. The molecule has 2 unspecified atom stereocenters. The number of amides is 1. The van der Waals surface area contributed by atoms with Crippen LogP contribution in [0.3, 0.4) is 0 Å². The van der Waals surface area contributed by atoms with Crippen LogP contribution in [-0.4, -0.2) is 11.9 Å². The Morgan fingerprint density at radius 3 is 2.83 bits per heavy atom. The maximum atomic E-state index is 13.0. The molecule has 0 bridgehead atoms. The Kier molecular flexibility index (Phi) is 5.78. The molecule has 0 aromatic heterocycles. The number of halogens is 1. The summed E-state index contributed by atoms with van der Waals surface area (Å²) in [6.07, 6.45) is 2.11. The van der Waals surface area contributed by atoms with Gasteiger partial charge in [0.25, 0.3) is 0 Å². The van der Waals surface area contributed by atoms with Gasteiger partial charge < -0.3 is 11.1 Å². The molecule has 0 saturated carbocycles. The third-order valence-electron chi connectivity index (χ3n) is 2.83. The number of benzene rings is 1. The molecule has 3 nitrogen and oxygen atoms in total. The smallest absolute Gasteiger partial charge is 0.222 e. The topological polar surface area (TPSA) is 55.1 Å². The molecule has 0 radical (unpaired) electrons. The van der Waals surface area contributed by atoms with Gasteiger partial charge in [0.15, 0.2) is 0 Å². The van der Waals surface area contributed by atoms with Crippen LogP contribution in [0.5, 0.6) is 0 Å². The molecule has 18 heavy (non-hydrogen) atoms. The van der Waals surface area contributed by atoms with Gasteiger partial charge in [-0.2, -0.15) is 0 Å². The highest BCUT2D eigenvalue weighted by molar-refractivity contribution is 5.77. The van der Waals surface area contributed by atoms with E-state index in [1.807, 2.05) is 13.8 Å². The highest BCUT2D eigenvalue weighted by Crippen LogP contribution is 2.13. The fourth-order valence-corrected chi connectivity index (χ4v) is 1.87. The van der Waals surface area contributed by atoms with Gasteiger partial charge in [-0.05, 0) is 31.0 Å². The van der Waals surface area contributed by atoms with Gasteiger partial charge in [0.2, 0.25) is 5.91 Å². The number of carbonyl (C=O) groups is 1. The van der Waals surface area contributed by atoms with Gasteiger partial charge in [-0.1, -0.05) is 25.5 Å². The molecule has 2 atom stereocenters. The minimum absolute atomic E-state index is 0.0901. The maximum Gasteiger partial charge on any atom is 0.222 e. The summed E-state index contributed by atoms with van der Waals surface area (Å²) in [5.41, 5.74) is 6.56. The van der Waals surface area contributed by atoms with Crippen LogP contribution in [0.1, 0.15) is 44.7 Å². The quantitative estimate of drug-likeness (QED) is 0.817. The lowest BCUT2D eigenvalue weighted by Gasteiger charge is -2.16. The van der Waals surface area contributed by atoms with Crippen molar-refractivity contribution in [1.82, 2.24) is 5.32 Å². The zero-order valence-corrected chi connectivity index (χ0v) is 10.9. The molecule has 100 valence electrons. The summed E-state index contributed by atoms with van der Waals surface area (Å²) in [4.78, 5) is 11.7. The molecule has 0 fully saturated rings. The lowest BCUT2D eigenvalue weighted by Crippen LogP contribution is -2.33. The SMILES string of the molecule is CCCC(N)CC(=O)NC(C)c1cccc(F)c1. The fraction of sp³-hybridized carbons (Fsp3) is 0.500. The van der Waals surface area contributed by atoms with Gasteiger partial charge in [-0.15, -0.1) is 0 Å². The van der Waals surface area contributed by atoms with Crippen LogP contribution in [0.15, 0.2) is 24.3 Å². The van der Waals surface area contributed by atoms with E-state index in [-0.39, 0.29) is 23.8 Å². The Hall–Kier alpha value is -1.42. The molecular formula is C14H21FN2O. The van der Waals surface area contributed by atoms with Crippen molar-refractivity contribution in [3.8, 4) is 0 Å². The van der Waals surface area contributed by atoms with Gasteiger partial charge in [-0.3, -0.25) is 4.79 Å². The number of nitrogens with one attached hydrogen (secondary N) is 1. The highest BCUT2D eigenvalue weighted by atomic mass is 19.1. The van der Waals surface area contributed by atoms with Crippen molar-refractivity contribution >= 4 is 5.91 Å².